The molecule has 7 rings (SSSR count). The summed E-state index contributed by atoms with van der Waals surface area (Å²) in [5.41, 5.74) is -2.00. The Morgan fingerprint density at radius 3 is 1.10 bits per heavy atom. The third-order valence-corrected chi connectivity index (χ3v) is 8.33. The van der Waals surface area contributed by atoms with E-state index in [-0.39, 0.29) is 21.8 Å². The normalized spacial score (nSPS) is 13.2. The van der Waals surface area contributed by atoms with E-state index in [4.69, 9.17) is 0 Å². The van der Waals surface area contributed by atoms with Gasteiger partial charge >= 0.3 is 12.4 Å². The fraction of sp³-hybridized carbons (Fsp3) is 0.0556. The van der Waals surface area contributed by atoms with Gasteiger partial charge in [0.15, 0.2) is 0 Å². The lowest BCUT2D eigenvalue weighted by atomic mass is 10.00. The molecule has 0 fully saturated rings. The highest BCUT2D eigenvalue weighted by Crippen LogP contribution is 2.39. The molecule has 48 heavy (non-hydrogen) atoms. The summed E-state index contributed by atoms with van der Waals surface area (Å²) in [4.78, 5) is 8.03. The Bertz CT molecular complexity index is 2510. The van der Waals surface area contributed by atoms with Crippen LogP contribution in [0, 0.1) is 34.5 Å². The highest BCUT2D eigenvalue weighted by atomic mass is 19.4. The van der Waals surface area contributed by atoms with Gasteiger partial charge in [-0.1, -0.05) is 36.4 Å². The fourth-order valence-corrected chi connectivity index (χ4v) is 6.22. The van der Waals surface area contributed by atoms with Gasteiger partial charge in [-0.05, 0) is 92.3 Å². The van der Waals surface area contributed by atoms with Crippen molar-refractivity contribution in [1.82, 2.24) is 0 Å². The topological polar surface area (TPSA) is 72.3 Å². The zero-order valence-corrected chi connectivity index (χ0v) is 23.9. The van der Waals surface area contributed by atoms with E-state index in [2.05, 4.69) is 9.98 Å². The van der Waals surface area contributed by atoms with Crippen LogP contribution in [0.2, 0.25) is 0 Å². The number of alkyl halides is 6. The molecule has 0 unspecified atom stereocenters. The second-order valence-electron chi connectivity index (χ2n) is 11.0. The standard InChI is InChI=1S/C36H14F8N4/c37-31-7-3-19(11-29(31)35(39,40)41)17-1-5-21-23-13-28-24(14-27(23)33(47-15-45)25(21)9-17)22-6-2-18(10-26(22)34(28)48-16-46)20-4-8-32(38)30(12-20)36(42,43)44/h1-14H. The summed E-state index contributed by atoms with van der Waals surface area (Å²) in [5.74, 6) is -2.82. The molecule has 0 aliphatic rings. The van der Waals surface area contributed by atoms with E-state index in [1.54, 1.807) is 60.9 Å². The minimum Gasteiger partial charge on any atom is -0.206 e. The second-order valence-corrected chi connectivity index (χ2v) is 11.0. The molecule has 0 amide bonds. The van der Waals surface area contributed by atoms with Crippen molar-refractivity contribution in [2.75, 3.05) is 0 Å². The Morgan fingerprint density at radius 1 is 0.417 bits per heavy atom. The maximum Gasteiger partial charge on any atom is 0.419 e. The third-order valence-electron chi connectivity index (χ3n) is 8.33. The van der Waals surface area contributed by atoms with Gasteiger partial charge in [0.25, 0.3) is 0 Å². The first-order valence-electron chi connectivity index (χ1n) is 14.0. The zero-order chi connectivity index (χ0) is 34.1. The molecule has 12 heteroatoms. The van der Waals surface area contributed by atoms with E-state index in [1.165, 1.54) is 12.1 Å². The van der Waals surface area contributed by atoms with Crippen LogP contribution < -0.4 is 10.7 Å². The lowest BCUT2D eigenvalue weighted by Gasteiger charge is -2.10. The van der Waals surface area contributed by atoms with Crippen molar-refractivity contribution >= 4 is 43.1 Å². The molecule has 0 bridgehead atoms. The summed E-state index contributed by atoms with van der Waals surface area (Å²) in [6.07, 6.45) is -6.29. The van der Waals surface area contributed by atoms with E-state index in [1.807, 2.05) is 0 Å². The molecule has 7 aromatic rings. The molecule has 0 N–H and O–H groups in total. The molecule has 0 spiro atoms. The van der Waals surface area contributed by atoms with Gasteiger partial charge in [0.05, 0.1) is 21.8 Å². The molecule has 4 nitrogen and oxygen atoms in total. The lowest BCUT2D eigenvalue weighted by molar-refractivity contribution is -0.140. The molecular formula is C36H14F8N4. The van der Waals surface area contributed by atoms with Crippen LogP contribution >= 0.6 is 0 Å². The molecule has 0 atom stereocenters. The van der Waals surface area contributed by atoms with Crippen LogP contribution in [0.15, 0.2) is 94.9 Å². The molecule has 0 saturated heterocycles. The Labute approximate surface area is 264 Å². The van der Waals surface area contributed by atoms with Crippen LogP contribution in [0.5, 0.6) is 0 Å². The van der Waals surface area contributed by atoms with Crippen LogP contribution in [0.25, 0.3) is 65.3 Å². The minimum absolute atomic E-state index is 0.0953. The summed E-state index contributed by atoms with van der Waals surface area (Å²) < 4.78 is 108. The SMILES string of the molecule is N#CN=c1c2cc(-c3ccc(F)c(C(F)(F)F)c3)ccc2c2cc3c(=NC#N)c4cc(-c5ccc(F)c(C(F)(F)F)c5)ccc4c3cc12. The first-order chi connectivity index (χ1) is 22.8. The Morgan fingerprint density at radius 2 is 0.750 bits per heavy atom. The summed E-state index contributed by atoms with van der Waals surface area (Å²) in [6, 6.07) is 18.3. The highest BCUT2D eigenvalue weighted by molar-refractivity contribution is 6.21. The maximum atomic E-state index is 14.0. The summed E-state index contributed by atoms with van der Waals surface area (Å²) >= 11 is 0. The van der Waals surface area contributed by atoms with Crippen molar-refractivity contribution < 1.29 is 35.1 Å². The average molecular weight is 655 g/mol. The summed E-state index contributed by atoms with van der Waals surface area (Å²) in [7, 11) is 0. The first-order valence-corrected chi connectivity index (χ1v) is 14.0. The Balaban J connectivity index is 1.48. The summed E-state index contributed by atoms with van der Waals surface area (Å²) in [6.45, 7) is 0. The van der Waals surface area contributed by atoms with Gasteiger partial charge in [0, 0.05) is 21.5 Å². The molecular weight excluding hydrogens is 640 g/mol. The lowest BCUT2D eigenvalue weighted by Crippen LogP contribution is -2.08. The Hall–Kier alpha value is -6.14. The van der Waals surface area contributed by atoms with Gasteiger partial charge in [-0.3, -0.25) is 0 Å². The van der Waals surface area contributed by atoms with Gasteiger partial charge in [-0.15, -0.1) is 0 Å². The number of nitrogens with zero attached hydrogens (tertiary/aromatic N) is 4. The molecule has 0 aliphatic carbocycles. The molecule has 0 aromatic heterocycles. The maximum absolute atomic E-state index is 14.0. The van der Waals surface area contributed by atoms with E-state index in [0.717, 1.165) is 12.1 Å². The number of fused-ring (bicyclic) bond motifs is 6. The second kappa shape index (κ2) is 10.7. The zero-order valence-electron chi connectivity index (χ0n) is 23.9. The monoisotopic (exact) mass is 654 g/mol. The Kier molecular flexibility index (Phi) is 6.81. The number of halogens is 8. The van der Waals surface area contributed by atoms with E-state index >= 15 is 0 Å². The summed E-state index contributed by atoms with van der Waals surface area (Å²) in [5, 5.41) is 23.8. The molecule has 0 radical (unpaired) electrons. The van der Waals surface area contributed by atoms with Gasteiger partial charge < -0.3 is 0 Å². The van der Waals surface area contributed by atoms with Crippen molar-refractivity contribution in [3.63, 3.8) is 0 Å². The van der Waals surface area contributed by atoms with Crippen LogP contribution in [-0.4, -0.2) is 0 Å². The third kappa shape index (κ3) is 4.81. The van der Waals surface area contributed by atoms with Gasteiger partial charge in [0.2, 0.25) is 12.4 Å². The molecule has 7 aromatic carbocycles. The van der Waals surface area contributed by atoms with Gasteiger partial charge in [-0.25, -0.2) is 8.78 Å². The predicted octanol–water partition coefficient (Wildman–Crippen LogP) is 9.59. The fourth-order valence-electron chi connectivity index (χ4n) is 6.22. The van der Waals surface area contributed by atoms with Crippen molar-refractivity contribution in [2.45, 2.75) is 12.4 Å². The molecule has 0 saturated carbocycles. The van der Waals surface area contributed by atoms with E-state index in [0.29, 0.717) is 66.3 Å². The molecule has 0 aliphatic heterocycles. The quantitative estimate of drug-likeness (QED) is 0.138. The van der Waals surface area contributed by atoms with Crippen molar-refractivity contribution in [2.24, 2.45) is 9.98 Å². The highest BCUT2D eigenvalue weighted by Gasteiger charge is 2.35. The van der Waals surface area contributed by atoms with Crippen molar-refractivity contribution in [3.05, 3.63) is 118 Å². The molecule has 0 heterocycles. The number of hydrogen-bond acceptors (Lipinski definition) is 4. The van der Waals surface area contributed by atoms with E-state index in [9.17, 15) is 45.6 Å². The average Bonchev–Trinajstić information content (AvgIpc) is 3.50. The number of rotatable bonds is 2. The smallest absolute Gasteiger partial charge is 0.206 e. The first kappa shape index (κ1) is 30.5. The number of hydrogen-bond donors (Lipinski definition) is 0. The largest absolute Gasteiger partial charge is 0.419 e. The van der Waals surface area contributed by atoms with E-state index < -0.39 is 35.1 Å². The van der Waals surface area contributed by atoms with Gasteiger partial charge in [0.1, 0.15) is 11.6 Å². The number of nitriles is 2. The molecule has 234 valence electrons. The van der Waals surface area contributed by atoms with Crippen LogP contribution in [0.1, 0.15) is 11.1 Å². The predicted molar refractivity (Wildman–Crippen MR) is 162 cm³/mol. The van der Waals surface area contributed by atoms with Crippen LogP contribution in [0.4, 0.5) is 35.1 Å². The van der Waals surface area contributed by atoms with Crippen LogP contribution in [-0.2, 0) is 12.4 Å². The van der Waals surface area contributed by atoms with Crippen molar-refractivity contribution in [1.29, 1.82) is 10.5 Å². The van der Waals surface area contributed by atoms with Crippen LogP contribution in [0.3, 0.4) is 0 Å². The number of benzene rings is 5. The van der Waals surface area contributed by atoms with Gasteiger partial charge in [-0.2, -0.15) is 46.9 Å². The van der Waals surface area contributed by atoms with Crippen molar-refractivity contribution in [3.8, 4) is 34.6 Å². The minimum atomic E-state index is -4.91.